The molecular weight excluding hydrogens is 260 g/mol. The third-order valence-electron chi connectivity index (χ3n) is 3.93. The van der Waals surface area contributed by atoms with Crippen molar-refractivity contribution in [2.45, 2.75) is 59.9 Å². The summed E-state index contributed by atoms with van der Waals surface area (Å²) in [5, 5.41) is 14.8. The first kappa shape index (κ1) is 17.6. The van der Waals surface area contributed by atoms with Gasteiger partial charge in [0.15, 0.2) is 0 Å². The number of nitrogens with zero attached hydrogens (tertiary/aromatic N) is 1. The SMILES string of the molecule is CCC(C)=CNC(=NC1CCNC1)/C(C(C)=N)=C(\C)CC. The van der Waals surface area contributed by atoms with Crippen molar-refractivity contribution in [1.82, 2.24) is 10.6 Å². The second-order valence-electron chi connectivity index (χ2n) is 5.75. The molecule has 4 heteroatoms. The molecule has 0 amide bonds. The standard InChI is InChI=1S/C17H30N4/c1-6-12(3)10-20-17(21-15-8-9-19-11-15)16(14(5)18)13(4)7-2/h10,15,18-19H,6-9,11H2,1-5H3,(H,20,21)/b12-10?,16-13+,18-14?. The van der Waals surface area contributed by atoms with Crippen LogP contribution >= 0.6 is 0 Å². The summed E-state index contributed by atoms with van der Waals surface area (Å²) in [7, 11) is 0. The largest absolute Gasteiger partial charge is 0.346 e. The quantitative estimate of drug-likeness (QED) is 0.518. The Labute approximate surface area is 129 Å². The highest BCUT2D eigenvalue weighted by molar-refractivity contribution is 6.22. The molecule has 1 aliphatic heterocycles. The molecular formula is C17H30N4. The van der Waals surface area contributed by atoms with Crippen LogP contribution in [0.1, 0.15) is 53.9 Å². The van der Waals surface area contributed by atoms with Crippen molar-refractivity contribution in [3.63, 3.8) is 0 Å². The molecule has 4 nitrogen and oxygen atoms in total. The van der Waals surface area contributed by atoms with Crippen molar-refractivity contribution in [2.75, 3.05) is 13.1 Å². The zero-order chi connectivity index (χ0) is 15.8. The minimum absolute atomic E-state index is 0.307. The van der Waals surface area contributed by atoms with Crippen LogP contribution in [-0.4, -0.2) is 30.7 Å². The van der Waals surface area contributed by atoms with Crippen LogP contribution in [0.3, 0.4) is 0 Å². The highest BCUT2D eigenvalue weighted by Gasteiger charge is 2.17. The first-order valence-electron chi connectivity index (χ1n) is 7.95. The summed E-state index contributed by atoms with van der Waals surface area (Å²) in [6.07, 6.45) is 5.04. The molecule has 0 aliphatic carbocycles. The molecule has 1 aliphatic rings. The van der Waals surface area contributed by atoms with Crippen LogP contribution < -0.4 is 10.6 Å². The van der Waals surface area contributed by atoms with Gasteiger partial charge in [0.25, 0.3) is 0 Å². The fourth-order valence-electron chi connectivity index (χ4n) is 2.28. The van der Waals surface area contributed by atoms with Gasteiger partial charge in [-0.05, 0) is 46.6 Å². The first-order chi connectivity index (χ1) is 9.99. The highest BCUT2D eigenvalue weighted by Crippen LogP contribution is 2.14. The Morgan fingerprint density at radius 3 is 2.48 bits per heavy atom. The summed E-state index contributed by atoms with van der Waals surface area (Å²) in [6, 6.07) is 0.307. The minimum atomic E-state index is 0.307. The Morgan fingerprint density at radius 2 is 2.00 bits per heavy atom. The van der Waals surface area contributed by atoms with E-state index in [-0.39, 0.29) is 0 Å². The Bertz CT molecular complexity index is 451. The van der Waals surface area contributed by atoms with Gasteiger partial charge in [-0.1, -0.05) is 25.0 Å². The molecule has 1 rings (SSSR count). The van der Waals surface area contributed by atoms with Crippen LogP contribution in [0.25, 0.3) is 0 Å². The third-order valence-corrected chi connectivity index (χ3v) is 3.93. The average Bonchev–Trinajstić information content (AvgIpc) is 2.96. The molecule has 0 aromatic carbocycles. The number of allylic oxidation sites excluding steroid dienone is 2. The van der Waals surface area contributed by atoms with E-state index in [2.05, 4.69) is 38.3 Å². The second kappa shape index (κ2) is 8.78. The van der Waals surface area contributed by atoms with Crippen LogP contribution in [-0.2, 0) is 0 Å². The predicted octanol–water partition coefficient (Wildman–Crippen LogP) is 3.42. The molecule has 21 heavy (non-hydrogen) atoms. The zero-order valence-corrected chi connectivity index (χ0v) is 14.1. The fourth-order valence-corrected chi connectivity index (χ4v) is 2.28. The van der Waals surface area contributed by atoms with Gasteiger partial charge in [0, 0.05) is 24.0 Å². The lowest BCUT2D eigenvalue weighted by Crippen LogP contribution is -2.27. The summed E-state index contributed by atoms with van der Waals surface area (Å²) >= 11 is 0. The van der Waals surface area contributed by atoms with E-state index in [0.29, 0.717) is 11.8 Å². The summed E-state index contributed by atoms with van der Waals surface area (Å²) in [4.78, 5) is 4.87. The molecule has 0 bridgehead atoms. The van der Waals surface area contributed by atoms with Gasteiger partial charge in [-0.15, -0.1) is 0 Å². The van der Waals surface area contributed by atoms with Crippen molar-refractivity contribution in [2.24, 2.45) is 4.99 Å². The average molecular weight is 290 g/mol. The summed E-state index contributed by atoms with van der Waals surface area (Å²) < 4.78 is 0. The second-order valence-corrected chi connectivity index (χ2v) is 5.75. The number of rotatable bonds is 6. The monoisotopic (exact) mass is 290 g/mol. The van der Waals surface area contributed by atoms with Crippen LogP contribution in [0, 0.1) is 5.41 Å². The molecule has 0 radical (unpaired) electrons. The molecule has 1 heterocycles. The lowest BCUT2D eigenvalue weighted by Gasteiger charge is -2.16. The van der Waals surface area contributed by atoms with Gasteiger partial charge in [0.05, 0.1) is 6.04 Å². The maximum absolute atomic E-state index is 8.11. The lowest BCUT2D eigenvalue weighted by atomic mass is 10.0. The Morgan fingerprint density at radius 1 is 1.29 bits per heavy atom. The van der Waals surface area contributed by atoms with Gasteiger partial charge in [-0.25, -0.2) is 0 Å². The van der Waals surface area contributed by atoms with Crippen LogP contribution in [0.2, 0.25) is 0 Å². The van der Waals surface area contributed by atoms with Crippen molar-refractivity contribution in [3.8, 4) is 0 Å². The third kappa shape index (κ3) is 5.46. The Hall–Kier alpha value is -1.42. The van der Waals surface area contributed by atoms with E-state index in [0.717, 1.165) is 43.8 Å². The first-order valence-corrected chi connectivity index (χ1v) is 7.95. The topological polar surface area (TPSA) is 60.3 Å². The van der Waals surface area contributed by atoms with Crippen molar-refractivity contribution in [3.05, 3.63) is 22.9 Å². The van der Waals surface area contributed by atoms with Gasteiger partial charge in [-0.3, -0.25) is 4.99 Å². The molecule has 0 aromatic heterocycles. The van der Waals surface area contributed by atoms with E-state index >= 15 is 0 Å². The number of aliphatic imine (C=N–C) groups is 1. The number of hydrogen-bond acceptors (Lipinski definition) is 3. The molecule has 3 N–H and O–H groups in total. The van der Waals surface area contributed by atoms with Crippen LogP contribution in [0.5, 0.6) is 0 Å². The van der Waals surface area contributed by atoms with Gasteiger partial charge in [0.2, 0.25) is 0 Å². The molecule has 0 spiro atoms. The van der Waals surface area contributed by atoms with E-state index in [1.165, 1.54) is 11.1 Å². The number of hydrogen-bond donors (Lipinski definition) is 3. The molecule has 1 saturated heterocycles. The minimum Gasteiger partial charge on any atom is -0.346 e. The molecule has 1 fully saturated rings. The molecule has 0 saturated carbocycles. The van der Waals surface area contributed by atoms with Gasteiger partial charge < -0.3 is 16.0 Å². The Balaban J connectivity index is 3.12. The van der Waals surface area contributed by atoms with Crippen molar-refractivity contribution in [1.29, 1.82) is 5.41 Å². The van der Waals surface area contributed by atoms with E-state index in [4.69, 9.17) is 10.4 Å². The molecule has 118 valence electrons. The lowest BCUT2D eigenvalue weighted by molar-refractivity contribution is 0.740. The highest BCUT2D eigenvalue weighted by atomic mass is 15.0. The number of amidine groups is 1. The number of nitrogens with one attached hydrogen (secondary N) is 3. The fraction of sp³-hybridized carbons (Fsp3) is 0.647. The van der Waals surface area contributed by atoms with Crippen LogP contribution in [0.15, 0.2) is 27.9 Å². The van der Waals surface area contributed by atoms with Gasteiger partial charge in [-0.2, -0.15) is 0 Å². The predicted molar refractivity (Wildman–Crippen MR) is 92.3 cm³/mol. The molecule has 0 aromatic rings. The van der Waals surface area contributed by atoms with Crippen molar-refractivity contribution < 1.29 is 0 Å². The van der Waals surface area contributed by atoms with Crippen LogP contribution in [0.4, 0.5) is 0 Å². The van der Waals surface area contributed by atoms with E-state index in [1.54, 1.807) is 0 Å². The zero-order valence-electron chi connectivity index (χ0n) is 14.1. The maximum atomic E-state index is 8.11. The van der Waals surface area contributed by atoms with Gasteiger partial charge in [0.1, 0.15) is 5.84 Å². The molecule has 1 unspecified atom stereocenters. The Kier molecular flexibility index (Phi) is 7.37. The van der Waals surface area contributed by atoms with E-state index in [9.17, 15) is 0 Å². The molecule has 1 atom stereocenters. The van der Waals surface area contributed by atoms with Crippen molar-refractivity contribution >= 4 is 11.5 Å². The van der Waals surface area contributed by atoms with E-state index < -0.39 is 0 Å². The summed E-state index contributed by atoms with van der Waals surface area (Å²) in [5.74, 6) is 0.850. The normalized spacial score (nSPS) is 21.3. The van der Waals surface area contributed by atoms with Gasteiger partial charge >= 0.3 is 0 Å². The maximum Gasteiger partial charge on any atom is 0.134 e. The summed E-state index contributed by atoms with van der Waals surface area (Å²) in [6.45, 7) is 12.3. The van der Waals surface area contributed by atoms with E-state index in [1.807, 2.05) is 13.1 Å². The summed E-state index contributed by atoms with van der Waals surface area (Å²) in [5.41, 5.74) is 4.03. The smallest absolute Gasteiger partial charge is 0.134 e.